The number of likely N-dealkylation sites (N-methyl/N-ethyl adjacent to an activating group) is 1. The normalized spacial score (nSPS) is 12.2. The maximum absolute atomic E-state index is 12.3. The number of nitrogens with zero attached hydrogens (tertiary/aromatic N) is 3. The highest BCUT2D eigenvalue weighted by molar-refractivity contribution is 7.89. The van der Waals surface area contributed by atoms with Crippen LogP contribution >= 0.6 is 0 Å². The van der Waals surface area contributed by atoms with Crippen LogP contribution in [0.5, 0.6) is 0 Å². The van der Waals surface area contributed by atoms with E-state index in [0.717, 1.165) is 13.1 Å². The van der Waals surface area contributed by atoms with E-state index in [1.165, 1.54) is 10.5 Å². The van der Waals surface area contributed by atoms with Crippen LogP contribution in [-0.2, 0) is 21.3 Å². The second-order valence-corrected chi connectivity index (χ2v) is 6.51. The first kappa shape index (κ1) is 17.1. The molecular weight excluding hydrogens is 280 g/mol. The maximum atomic E-state index is 12.3. The molecule has 0 aliphatic heterocycles. The van der Waals surface area contributed by atoms with Gasteiger partial charge in [-0.2, -0.15) is 5.10 Å². The summed E-state index contributed by atoms with van der Waals surface area (Å²) in [4.78, 5) is 0.230. The van der Waals surface area contributed by atoms with E-state index >= 15 is 0 Å². The molecule has 1 aromatic heterocycles. The molecule has 1 N–H and O–H groups in total. The van der Waals surface area contributed by atoms with Crippen molar-refractivity contribution in [3.63, 3.8) is 0 Å². The van der Waals surface area contributed by atoms with E-state index in [4.69, 9.17) is 4.74 Å². The molecule has 0 fully saturated rings. The van der Waals surface area contributed by atoms with Crippen LogP contribution in [0.15, 0.2) is 17.3 Å². The van der Waals surface area contributed by atoms with Crippen LogP contribution in [0.2, 0.25) is 0 Å². The third-order valence-electron chi connectivity index (χ3n) is 2.91. The summed E-state index contributed by atoms with van der Waals surface area (Å²) in [5, 5.41) is 7.25. The fraction of sp³-hybridized carbons (Fsp3) is 0.750. The van der Waals surface area contributed by atoms with Gasteiger partial charge in [-0.15, -0.1) is 0 Å². The van der Waals surface area contributed by atoms with Gasteiger partial charge in [0.1, 0.15) is 4.90 Å². The largest absolute Gasteiger partial charge is 0.385 e. The smallest absolute Gasteiger partial charge is 0.245 e. The average molecular weight is 304 g/mol. The van der Waals surface area contributed by atoms with Crippen LogP contribution in [0.3, 0.4) is 0 Å². The van der Waals surface area contributed by atoms with E-state index in [2.05, 4.69) is 10.4 Å². The molecule has 0 bridgehead atoms. The molecule has 0 atom stereocenters. The SMILES string of the molecule is CCNCCn1cc(S(=O)(=O)N(C)CCCOC)cn1. The number of aromatic nitrogens is 2. The molecule has 0 amide bonds. The fourth-order valence-corrected chi connectivity index (χ4v) is 2.87. The lowest BCUT2D eigenvalue weighted by molar-refractivity contribution is 0.189. The highest BCUT2D eigenvalue weighted by atomic mass is 32.2. The quantitative estimate of drug-likeness (QED) is 0.623. The molecule has 0 saturated heterocycles. The van der Waals surface area contributed by atoms with Gasteiger partial charge in [0.05, 0.1) is 12.7 Å². The van der Waals surface area contributed by atoms with Crippen LogP contribution in [0, 0.1) is 0 Å². The zero-order valence-corrected chi connectivity index (χ0v) is 13.2. The number of methoxy groups -OCH3 is 1. The lowest BCUT2D eigenvalue weighted by Gasteiger charge is -2.15. The first-order chi connectivity index (χ1) is 9.52. The second kappa shape index (κ2) is 8.35. The number of ether oxygens (including phenoxy) is 1. The number of hydrogen-bond donors (Lipinski definition) is 1. The molecule has 1 aromatic rings. The Kier molecular flexibility index (Phi) is 7.14. The predicted molar refractivity (Wildman–Crippen MR) is 77.1 cm³/mol. The molecule has 0 aliphatic carbocycles. The van der Waals surface area contributed by atoms with E-state index < -0.39 is 10.0 Å². The van der Waals surface area contributed by atoms with Crippen molar-refractivity contribution in [2.45, 2.75) is 24.8 Å². The van der Waals surface area contributed by atoms with E-state index in [1.54, 1.807) is 25.0 Å². The van der Waals surface area contributed by atoms with Gasteiger partial charge in [-0.05, 0) is 13.0 Å². The van der Waals surface area contributed by atoms with Crippen LogP contribution in [0.25, 0.3) is 0 Å². The Labute approximate surface area is 121 Å². The van der Waals surface area contributed by atoms with Crippen molar-refractivity contribution in [3.8, 4) is 0 Å². The third-order valence-corrected chi connectivity index (χ3v) is 4.72. The minimum absolute atomic E-state index is 0.230. The molecule has 0 radical (unpaired) electrons. The average Bonchev–Trinajstić information content (AvgIpc) is 2.88. The van der Waals surface area contributed by atoms with Crippen molar-refractivity contribution < 1.29 is 13.2 Å². The zero-order valence-electron chi connectivity index (χ0n) is 12.4. The highest BCUT2D eigenvalue weighted by Crippen LogP contribution is 2.13. The Hall–Kier alpha value is -0.960. The number of sulfonamides is 1. The highest BCUT2D eigenvalue weighted by Gasteiger charge is 2.22. The summed E-state index contributed by atoms with van der Waals surface area (Å²) in [7, 11) is -0.285. The van der Waals surface area contributed by atoms with Crippen molar-refractivity contribution >= 4 is 10.0 Å². The van der Waals surface area contributed by atoms with Crippen molar-refractivity contribution in [1.29, 1.82) is 0 Å². The van der Waals surface area contributed by atoms with Crippen LogP contribution in [0.4, 0.5) is 0 Å². The Morgan fingerprint density at radius 2 is 2.25 bits per heavy atom. The maximum Gasteiger partial charge on any atom is 0.245 e. The first-order valence-electron chi connectivity index (χ1n) is 6.70. The van der Waals surface area contributed by atoms with Gasteiger partial charge >= 0.3 is 0 Å². The molecule has 1 heterocycles. The van der Waals surface area contributed by atoms with E-state index in [1.807, 2.05) is 6.92 Å². The van der Waals surface area contributed by atoms with Gasteiger partial charge in [0.15, 0.2) is 0 Å². The van der Waals surface area contributed by atoms with Crippen LogP contribution in [-0.4, -0.2) is 62.9 Å². The summed E-state index contributed by atoms with van der Waals surface area (Å²) in [6.07, 6.45) is 3.63. The number of nitrogens with one attached hydrogen (secondary N) is 1. The van der Waals surface area contributed by atoms with E-state index in [-0.39, 0.29) is 4.90 Å². The molecule has 0 saturated carbocycles. The Morgan fingerprint density at radius 3 is 2.90 bits per heavy atom. The molecule has 116 valence electrons. The van der Waals surface area contributed by atoms with Crippen LogP contribution in [0.1, 0.15) is 13.3 Å². The van der Waals surface area contributed by atoms with Gasteiger partial charge in [-0.25, -0.2) is 12.7 Å². The standard InChI is InChI=1S/C12H24N4O3S/c1-4-13-6-8-16-11-12(10-14-16)20(17,18)15(2)7-5-9-19-3/h10-11,13H,4-9H2,1-3H3. The molecule has 0 unspecified atom stereocenters. The van der Waals surface area contributed by atoms with E-state index in [0.29, 0.717) is 26.1 Å². The van der Waals surface area contributed by atoms with Crippen molar-refractivity contribution in [2.24, 2.45) is 0 Å². The number of hydrogen-bond acceptors (Lipinski definition) is 5. The Bertz CT molecular complexity index is 487. The summed E-state index contributed by atoms with van der Waals surface area (Å²) in [6, 6.07) is 0. The number of rotatable bonds is 10. The zero-order chi connectivity index (χ0) is 15.0. The van der Waals surface area contributed by atoms with Gasteiger partial charge < -0.3 is 10.1 Å². The van der Waals surface area contributed by atoms with E-state index in [9.17, 15) is 8.42 Å². The fourth-order valence-electron chi connectivity index (χ4n) is 1.70. The van der Waals surface area contributed by atoms with Crippen LogP contribution < -0.4 is 5.32 Å². The van der Waals surface area contributed by atoms with Gasteiger partial charge in [0, 0.05) is 40.1 Å². The van der Waals surface area contributed by atoms with Crippen molar-refractivity contribution in [1.82, 2.24) is 19.4 Å². The summed E-state index contributed by atoms with van der Waals surface area (Å²) in [5.74, 6) is 0. The molecule has 0 spiro atoms. The molecule has 0 aromatic carbocycles. The van der Waals surface area contributed by atoms with Crippen molar-refractivity contribution in [2.75, 3.05) is 40.4 Å². The molecule has 20 heavy (non-hydrogen) atoms. The molecule has 8 heteroatoms. The monoisotopic (exact) mass is 304 g/mol. The van der Waals surface area contributed by atoms with Crippen molar-refractivity contribution in [3.05, 3.63) is 12.4 Å². The summed E-state index contributed by atoms with van der Waals surface area (Å²) >= 11 is 0. The minimum atomic E-state index is -3.46. The van der Waals surface area contributed by atoms with Gasteiger partial charge in [-0.1, -0.05) is 6.92 Å². The lowest BCUT2D eigenvalue weighted by Crippen LogP contribution is -2.28. The third kappa shape index (κ3) is 4.86. The summed E-state index contributed by atoms with van der Waals surface area (Å²) in [6.45, 7) is 5.29. The predicted octanol–water partition coefficient (Wildman–Crippen LogP) is 0.150. The molecule has 1 rings (SSSR count). The first-order valence-corrected chi connectivity index (χ1v) is 8.14. The minimum Gasteiger partial charge on any atom is -0.385 e. The second-order valence-electron chi connectivity index (χ2n) is 4.47. The summed E-state index contributed by atoms with van der Waals surface area (Å²) in [5.41, 5.74) is 0. The summed E-state index contributed by atoms with van der Waals surface area (Å²) < 4.78 is 32.5. The molecule has 7 nitrogen and oxygen atoms in total. The van der Waals surface area contributed by atoms with Gasteiger partial charge in [-0.3, -0.25) is 4.68 Å². The van der Waals surface area contributed by atoms with Gasteiger partial charge in [0.2, 0.25) is 10.0 Å². The van der Waals surface area contributed by atoms with Gasteiger partial charge in [0.25, 0.3) is 0 Å². The topological polar surface area (TPSA) is 76.5 Å². The lowest BCUT2D eigenvalue weighted by atomic mass is 10.5. The Morgan fingerprint density at radius 1 is 1.50 bits per heavy atom. The molecular formula is C12H24N4O3S. The Balaban J connectivity index is 2.62. The molecule has 0 aliphatic rings.